The predicted octanol–water partition coefficient (Wildman–Crippen LogP) is 2.60. The molecule has 0 bridgehead atoms. The Morgan fingerprint density at radius 2 is 2.11 bits per heavy atom. The SMILES string of the molecule is Cc1ccc(Cl)cc1C(C)(C)N1C(=O)CNC1=S. The van der Waals surface area contributed by atoms with Gasteiger partial charge in [0, 0.05) is 5.02 Å². The van der Waals surface area contributed by atoms with Crippen molar-refractivity contribution in [3.8, 4) is 0 Å². The molecule has 3 nitrogen and oxygen atoms in total. The third-order valence-corrected chi connectivity index (χ3v) is 3.82. The maximum absolute atomic E-state index is 11.9. The Morgan fingerprint density at radius 1 is 1.44 bits per heavy atom. The minimum Gasteiger partial charge on any atom is -0.353 e. The first kappa shape index (κ1) is 13.3. The molecule has 2 rings (SSSR count). The van der Waals surface area contributed by atoms with E-state index in [1.54, 1.807) is 4.90 Å². The number of rotatable bonds is 2. The fourth-order valence-corrected chi connectivity index (χ4v) is 2.94. The molecule has 1 aromatic carbocycles. The van der Waals surface area contributed by atoms with E-state index in [0.29, 0.717) is 10.1 Å². The van der Waals surface area contributed by atoms with Crippen LogP contribution < -0.4 is 5.32 Å². The molecule has 1 fully saturated rings. The van der Waals surface area contributed by atoms with E-state index in [-0.39, 0.29) is 12.5 Å². The molecule has 0 aromatic heterocycles. The number of hydrogen-bond donors (Lipinski definition) is 1. The van der Waals surface area contributed by atoms with E-state index in [2.05, 4.69) is 5.32 Å². The number of thiocarbonyl (C=S) groups is 1. The predicted molar refractivity (Wildman–Crippen MR) is 76.7 cm³/mol. The standard InChI is InChI=1S/C13H15ClN2OS/c1-8-4-5-9(14)6-10(8)13(2,3)16-11(17)7-15-12(16)18/h4-6H,7H2,1-3H3,(H,15,18). The van der Waals surface area contributed by atoms with Gasteiger partial charge in [0.1, 0.15) is 0 Å². The lowest BCUT2D eigenvalue weighted by Gasteiger charge is -2.36. The zero-order chi connectivity index (χ0) is 13.5. The highest BCUT2D eigenvalue weighted by Crippen LogP contribution is 2.33. The average molecular weight is 283 g/mol. The molecule has 96 valence electrons. The number of amides is 1. The van der Waals surface area contributed by atoms with Crippen LogP contribution in [0.2, 0.25) is 5.02 Å². The van der Waals surface area contributed by atoms with Crippen LogP contribution in [0, 0.1) is 6.92 Å². The average Bonchev–Trinajstić information content (AvgIpc) is 2.62. The summed E-state index contributed by atoms with van der Waals surface area (Å²) in [6.45, 7) is 6.22. The summed E-state index contributed by atoms with van der Waals surface area (Å²) in [6.07, 6.45) is 0. The molecule has 1 aromatic rings. The number of carbonyl (C=O) groups excluding carboxylic acids is 1. The number of nitrogens with zero attached hydrogens (tertiary/aromatic N) is 1. The van der Waals surface area contributed by atoms with Gasteiger partial charge in [-0.15, -0.1) is 0 Å². The Labute approximate surface area is 117 Å². The van der Waals surface area contributed by atoms with Gasteiger partial charge in [-0.25, -0.2) is 0 Å². The lowest BCUT2D eigenvalue weighted by molar-refractivity contribution is -0.128. The van der Waals surface area contributed by atoms with Crippen LogP contribution in [0.15, 0.2) is 18.2 Å². The van der Waals surface area contributed by atoms with Crippen LogP contribution in [0.25, 0.3) is 0 Å². The molecule has 0 aliphatic carbocycles. The van der Waals surface area contributed by atoms with Crippen LogP contribution >= 0.6 is 23.8 Å². The van der Waals surface area contributed by atoms with Crippen molar-refractivity contribution in [2.45, 2.75) is 26.3 Å². The minimum absolute atomic E-state index is 0.00984. The molecule has 5 heteroatoms. The quantitative estimate of drug-likeness (QED) is 0.847. The molecule has 18 heavy (non-hydrogen) atoms. The summed E-state index contributed by atoms with van der Waals surface area (Å²) >= 11 is 11.3. The molecule has 1 saturated heterocycles. The second-order valence-electron chi connectivity index (χ2n) is 4.91. The van der Waals surface area contributed by atoms with E-state index in [9.17, 15) is 4.79 Å². The van der Waals surface area contributed by atoms with Gasteiger partial charge in [-0.2, -0.15) is 0 Å². The normalized spacial score (nSPS) is 16.1. The molecule has 0 radical (unpaired) electrons. The second-order valence-corrected chi connectivity index (χ2v) is 5.73. The summed E-state index contributed by atoms with van der Waals surface area (Å²) in [7, 11) is 0. The summed E-state index contributed by atoms with van der Waals surface area (Å²) < 4.78 is 0. The van der Waals surface area contributed by atoms with Crippen LogP contribution in [0.1, 0.15) is 25.0 Å². The van der Waals surface area contributed by atoms with E-state index >= 15 is 0 Å². The molecule has 0 spiro atoms. The molecular weight excluding hydrogens is 268 g/mol. The van der Waals surface area contributed by atoms with Crippen LogP contribution in [0.3, 0.4) is 0 Å². The van der Waals surface area contributed by atoms with Crippen LogP contribution in [0.5, 0.6) is 0 Å². The van der Waals surface area contributed by atoms with Crippen molar-refractivity contribution in [2.24, 2.45) is 0 Å². The van der Waals surface area contributed by atoms with Crippen molar-refractivity contribution < 1.29 is 4.79 Å². The van der Waals surface area contributed by atoms with Gasteiger partial charge in [-0.1, -0.05) is 17.7 Å². The number of halogens is 1. The Bertz CT molecular complexity index is 512. The van der Waals surface area contributed by atoms with Gasteiger partial charge in [-0.05, 0) is 56.2 Å². The topological polar surface area (TPSA) is 32.3 Å². The Kier molecular flexibility index (Phi) is 3.34. The highest BCUT2D eigenvalue weighted by molar-refractivity contribution is 7.80. The fraction of sp³-hybridized carbons (Fsp3) is 0.385. The van der Waals surface area contributed by atoms with Gasteiger partial charge in [-0.3, -0.25) is 9.69 Å². The van der Waals surface area contributed by atoms with E-state index in [4.69, 9.17) is 23.8 Å². The molecule has 0 saturated carbocycles. The van der Waals surface area contributed by atoms with E-state index in [1.165, 1.54) is 0 Å². The van der Waals surface area contributed by atoms with Gasteiger partial charge in [0.25, 0.3) is 0 Å². The van der Waals surface area contributed by atoms with Crippen molar-refractivity contribution >= 4 is 34.8 Å². The summed E-state index contributed by atoms with van der Waals surface area (Å²) in [5.74, 6) is -0.00984. The fourth-order valence-electron chi connectivity index (χ4n) is 2.36. The highest BCUT2D eigenvalue weighted by Gasteiger charge is 2.39. The number of hydrogen-bond acceptors (Lipinski definition) is 2. The summed E-state index contributed by atoms with van der Waals surface area (Å²) in [6, 6.07) is 5.69. The maximum Gasteiger partial charge on any atom is 0.248 e. The largest absolute Gasteiger partial charge is 0.353 e. The Hall–Kier alpha value is -1.13. The summed E-state index contributed by atoms with van der Waals surface area (Å²) in [5, 5.41) is 4.04. The van der Waals surface area contributed by atoms with Crippen molar-refractivity contribution in [1.82, 2.24) is 10.2 Å². The molecule has 1 aliphatic rings. The minimum atomic E-state index is -0.507. The summed E-state index contributed by atoms with van der Waals surface area (Å²) in [5.41, 5.74) is 1.59. The highest BCUT2D eigenvalue weighted by atomic mass is 35.5. The van der Waals surface area contributed by atoms with Crippen molar-refractivity contribution in [3.63, 3.8) is 0 Å². The molecule has 1 aliphatic heterocycles. The van der Waals surface area contributed by atoms with Crippen LogP contribution in [0.4, 0.5) is 0 Å². The monoisotopic (exact) mass is 282 g/mol. The van der Waals surface area contributed by atoms with Crippen molar-refractivity contribution in [1.29, 1.82) is 0 Å². The molecular formula is C13H15ClN2OS. The third-order valence-electron chi connectivity index (χ3n) is 3.26. The molecule has 1 amide bonds. The van der Waals surface area contributed by atoms with Crippen molar-refractivity contribution in [2.75, 3.05) is 6.54 Å². The van der Waals surface area contributed by atoms with E-state index < -0.39 is 5.54 Å². The number of carbonyl (C=O) groups is 1. The van der Waals surface area contributed by atoms with Gasteiger partial charge in [0.15, 0.2) is 5.11 Å². The smallest absolute Gasteiger partial charge is 0.248 e. The molecule has 0 unspecified atom stereocenters. The first-order valence-electron chi connectivity index (χ1n) is 5.71. The number of aryl methyl sites for hydroxylation is 1. The van der Waals surface area contributed by atoms with Gasteiger partial charge in [0.05, 0.1) is 12.1 Å². The molecule has 1 N–H and O–H groups in total. The number of benzene rings is 1. The van der Waals surface area contributed by atoms with Crippen LogP contribution in [-0.4, -0.2) is 22.5 Å². The zero-order valence-electron chi connectivity index (χ0n) is 10.6. The van der Waals surface area contributed by atoms with E-state index in [0.717, 1.165) is 11.1 Å². The second kappa shape index (κ2) is 4.52. The van der Waals surface area contributed by atoms with Gasteiger partial charge in [0.2, 0.25) is 5.91 Å². The lowest BCUT2D eigenvalue weighted by Crippen LogP contribution is -2.46. The molecule has 1 heterocycles. The molecule has 0 atom stereocenters. The van der Waals surface area contributed by atoms with Crippen molar-refractivity contribution in [3.05, 3.63) is 34.3 Å². The zero-order valence-corrected chi connectivity index (χ0v) is 12.2. The number of nitrogens with one attached hydrogen (secondary N) is 1. The Balaban J connectivity index is 2.50. The third kappa shape index (κ3) is 2.10. The summed E-state index contributed by atoms with van der Waals surface area (Å²) in [4.78, 5) is 13.6. The maximum atomic E-state index is 11.9. The van der Waals surface area contributed by atoms with Gasteiger partial charge < -0.3 is 5.32 Å². The first-order valence-corrected chi connectivity index (χ1v) is 6.50. The van der Waals surface area contributed by atoms with E-state index in [1.807, 2.05) is 39.0 Å². The van der Waals surface area contributed by atoms with Gasteiger partial charge >= 0.3 is 0 Å². The Morgan fingerprint density at radius 3 is 2.67 bits per heavy atom. The lowest BCUT2D eigenvalue weighted by atomic mass is 9.89. The van der Waals surface area contributed by atoms with Crippen LogP contribution in [-0.2, 0) is 10.3 Å². The first-order chi connectivity index (χ1) is 8.34.